The number of halogens is 2. The maximum absolute atomic E-state index is 14.6. The quantitative estimate of drug-likeness (QED) is 0.134. The zero-order chi connectivity index (χ0) is 37.8. The molecule has 11 nitrogen and oxygen atoms in total. The van der Waals surface area contributed by atoms with Crippen molar-refractivity contribution >= 4 is 28.9 Å². The summed E-state index contributed by atoms with van der Waals surface area (Å²) >= 11 is 0. The molecule has 278 valence electrons. The lowest BCUT2D eigenvalue weighted by atomic mass is 10.0. The van der Waals surface area contributed by atoms with E-state index in [1.54, 1.807) is 37.6 Å². The van der Waals surface area contributed by atoms with Crippen molar-refractivity contribution in [1.29, 1.82) is 0 Å². The third-order valence-corrected chi connectivity index (χ3v) is 9.31. The van der Waals surface area contributed by atoms with Crippen molar-refractivity contribution in [3.63, 3.8) is 0 Å². The molecule has 0 aliphatic carbocycles. The largest absolute Gasteiger partial charge is 0.495 e. The number of aromatic nitrogens is 4. The van der Waals surface area contributed by atoms with Crippen LogP contribution in [0.25, 0.3) is 28.3 Å². The highest BCUT2D eigenvalue weighted by molar-refractivity contribution is 6.07. The van der Waals surface area contributed by atoms with Crippen LogP contribution in [0, 0.1) is 11.6 Å². The van der Waals surface area contributed by atoms with Crippen LogP contribution in [-0.2, 0) is 6.42 Å². The van der Waals surface area contributed by atoms with Gasteiger partial charge in [-0.3, -0.25) is 9.20 Å². The summed E-state index contributed by atoms with van der Waals surface area (Å²) in [5, 5.41) is 5.72. The van der Waals surface area contributed by atoms with Crippen LogP contribution < -0.4 is 20.1 Å². The number of fused-ring (bicyclic) bond motifs is 1. The molecule has 3 aromatic heterocycles. The van der Waals surface area contributed by atoms with E-state index in [0.29, 0.717) is 40.0 Å². The SMILES string of the molecule is COc1cc(CCN2CCN(C)CC2)ccc1Nc1nccc(-c2c(-c3ccc(OC(C)C)c(C(=O)Nc4c(F)cccc4F)c3)nc3ccccn23)n1. The third-order valence-electron chi connectivity index (χ3n) is 9.31. The number of pyridine rings is 1. The molecule has 0 unspecified atom stereocenters. The number of hydrogen-bond donors (Lipinski definition) is 2. The molecule has 4 heterocycles. The molecule has 0 saturated carbocycles. The molecular weight excluding hydrogens is 690 g/mol. The molecule has 0 spiro atoms. The van der Waals surface area contributed by atoms with E-state index in [1.165, 1.54) is 11.6 Å². The van der Waals surface area contributed by atoms with Crippen molar-refractivity contribution in [3.05, 3.63) is 114 Å². The van der Waals surface area contributed by atoms with Crippen LogP contribution in [0.2, 0.25) is 0 Å². The summed E-state index contributed by atoms with van der Waals surface area (Å²) in [6.07, 6.45) is 4.18. The Morgan fingerprint density at radius 3 is 2.46 bits per heavy atom. The van der Waals surface area contributed by atoms with Crippen LogP contribution >= 0.6 is 0 Å². The smallest absolute Gasteiger partial charge is 0.259 e. The number of piperazine rings is 1. The summed E-state index contributed by atoms with van der Waals surface area (Å²) in [4.78, 5) is 32.8. The number of hydrogen-bond acceptors (Lipinski definition) is 9. The predicted molar refractivity (Wildman–Crippen MR) is 206 cm³/mol. The minimum Gasteiger partial charge on any atom is -0.495 e. The zero-order valence-electron chi connectivity index (χ0n) is 30.6. The second-order valence-corrected chi connectivity index (χ2v) is 13.5. The van der Waals surface area contributed by atoms with E-state index in [-0.39, 0.29) is 17.4 Å². The van der Waals surface area contributed by atoms with Crippen molar-refractivity contribution in [3.8, 4) is 34.1 Å². The second kappa shape index (κ2) is 16.0. The van der Waals surface area contributed by atoms with Gasteiger partial charge < -0.3 is 29.9 Å². The Bertz CT molecular complexity index is 2270. The normalized spacial score (nSPS) is 13.7. The number of carbonyl (C=O) groups is 1. The van der Waals surface area contributed by atoms with E-state index < -0.39 is 23.2 Å². The van der Waals surface area contributed by atoms with Crippen molar-refractivity contribution in [1.82, 2.24) is 29.2 Å². The van der Waals surface area contributed by atoms with Crippen LogP contribution in [0.15, 0.2) is 91.3 Å². The summed E-state index contributed by atoms with van der Waals surface area (Å²) in [6, 6.07) is 22.0. The fraction of sp³-hybridized carbons (Fsp3) is 0.268. The fourth-order valence-corrected chi connectivity index (χ4v) is 6.48. The first kappa shape index (κ1) is 36.4. The number of likely N-dealkylation sites (N-methyl/N-ethyl adjacent to an activating group) is 1. The Kier molecular flexibility index (Phi) is 10.8. The number of imidazole rings is 1. The number of methoxy groups -OCH3 is 1. The van der Waals surface area contributed by atoms with Crippen molar-refractivity contribution in [2.24, 2.45) is 0 Å². The molecule has 1 amide bonds. The van der Waals surface area contributed by atoms with Gasteiger partial charge in [0.2, 0.25) is 5.95 Å². The maximum Gasteiger partial charge on any atom is 0.259 e. The number of ether oxygens (including phenoxy) is 2. The lowest BCUT2D eigenvalue weighted by Crippen LogP contribution is -2.45. The lowest BCUT2D eigenvalue weighted by molar-refractivity contribution is 0.102. The van der Waals surface area contributed by atoms with Crippen LogP contribution in [0.5, 0.6) is 11.5 Å². The van der Waals surface area contributed by atoms with Gasteiger partial charge in [-0.1, -0.05) is 18.2 Å². The van der Waals surface area contributed by atoms with Gasteiger partial charge in [-0.25, -0.2) is 23.7 Å². The predicted octanol–water partition coefficient (Wildman–Crippen LogP) is 7.32. The minimum absolute atomic E-state index is 0.0796. The summed E-state index contributed by atoms with van der Waals surface area (Å²) in [5.41, 5.74) is 4.37. The van der Waals surface area contributed by atoms with Gasteiger partial charge in [0, 0.05) is 50.7 Å². The standard InChI is InChI=1S/C41H42F2N8O3/c1-26(2)54-34-14-12-28(25-29(34)40(52)48-38-30(42)8-7-9-31(38)43)37-39(51-18-6-5-10-36(51)47-37)33-15-17-44-41(46-33)45-32-13-11-27(24-35(32)53-4)16-19-50-22-20-49(3)21-23-50/h5-15,17-18,24-26H,16,19-23H2,1-4H3,(H,48,52)(H,44,45,46). The summed E-state index contributed by atoms with van der Waals surface area (Å²) in [5.74, 6) is -1.25. The fourth-order valence-electron chi connectivity index (χ4n) is 6.48. The number of nitrogens with one attached hydrogen (secondary N) is 2. The molecule has 3 aromatic carbocycles. The van der Waals surface area contributed by atoms with Gasteiger partial charge in [-0.15, -0.1) is 0 Å². The van der Waals surface area contributed by atoms with Crippen LogP contribution in [0.3, 0.4) is 0 Å². The Morgan fingerprint density at radius 2 is 1.70 bits per heavy atom. The Morgan fingerprint density at radius 1 is 0.907 bits per heavy atom. The maximum atomic E-state index is 14.6. The van der Waals surface area contributed by atoms with Gasteiger partial charge in [0.05, 0.1) is 41.5 Å². The van der Waals surface area contributed by atoms with Crippen molar-refractivity contribution in [2.75, 3.05) is 57.5 Å². The number of amides is 1. The van der Waals surface area contributed by atoms with Crippen molar-refractivity contribution in [2.45, 2.75) is 26.4 Å². The van der Waals surface area contributed by atoms with E-state index in [2.05, 4.69) is 38.5 Å². The summed E-state index contributed by atoms with van der Waals surface area (Å²) in [6.45, 7) is 8.94. The number of rotatable bonds is 12. The topological polar surface area (TPSA) is 109 Å². The van der Waals surface area contributed by atoms with E-state index >= 15 is 0 Å². The van der Waals surface area contributed by atoms with E-state index in [4.69, 9.17) is 19.4 Å². The van der Waals surface area contributed by atoms with E-state index in [1.807, 2.05) is 54.8 Å². The number of benzene rings is 3. The Balaban J connectivity index is 1.20. The second-order valence-electron chi connectivity index (χ2n) is 13.5. The van der Waals surface area contributed by atoms with Gasteiger partial charge in [-0.05, 0) is 93.5 Å². The monoisotopic (exact) mass is 732 g/mol. The molecule has 1 aliphatic heterocycles. The van der Waals surface area contributed by atoms with Crippen LogP contribution in [0.4, 0.5) is 26.1 Å². The number of nitrogens with zero attached hydrogens (tertiary/aromatic N) is 6. The molecule has 1 fully saturated rings. The highest BCUT2D eigenvalue weighted by Crippen LogP contribution is 2.36. The van der Waals surface area contributed by atoms with Gasteiger partial charge in [-0.2, -0.15) is 0 Å². The van der Waals surface area contributed by atoms with E-state index in [0.717, 1.165) is 57.0 Å². The molecule has 6 aromatic rings. The van der Waals surface area contributed by atoms with Gasteiger partial charge >= 0.3 is 0 Å². The van der Waals surface area contributed by atoms with Gasteiger partial charge in [0.15, 0.2) is 0 Å². The molecule has 1 aliphatic rings. The number of carbonyl (C=O) groups excluding carboxylic acids is 1. The van der Waals surface area contributed by atoms with Crippen LogP contribution in [0.1, 0.15) is 29.8 Å². The molecular formula is C41H42F2N8O3. The highest BCUT2D eigenvalue weighted by Gasteiger charge is 2.23. The van der Waals surface area contributed by atoms with Crippen LogP contribution in [-0.4, -0.2) is 88.0 Å². The molecule has 7 rings (SSSR count). The Labute approximate surface area is 312 Å². The minimum atomic E-state index is -0.892. The van der Waals surface area contributed by atoms with Crippen molar-refractivity contribution < 1.29 is 23.0 Å². The lowest BCUT2D eigenvalue weighted by Gasteiger charge is -2.32. The molecule has 54 heavy (non-hydrogen) atoms. The first-order valence-electron chi connectivity index (χ1n) is 17.9. The first-order valence-corrected chi connectivity index (χ1v) is 17.9. The molecule has 13 heteroatoms. The summed E-state index contributed by atoms with van der Waals surface area (Å²) < 4.78 is 42.7. The van der Waals surface area contributed by atoms with Gasteiger partial charge in [0.25, 0.3) is 5.91 Å². The average molecular weight is 733 g/mol. The molecule has 0 radical (unpaired) electrons. The third kappa shape index (κ3) is 8.02. The molecule has 0 bridgehead atoms. The van der Waals surface area contributed by atoms with Gasteiger partial charge in [0.1, 0.15) is 34.5 Å². The molecule has 2 N–H and O–H groups in total. The number of anilines is 3. The molecule has 0 atom stereocenters. The first-order chi connectivity index (χ1) is 26.2. The van der Waals surface area contributed by atoms with E-state index in [9.17, 15) is 13.6 Å². The number of para-hydroxylation sites is 1. The average Bonchev–Trinajstić information content (AvgIpc) is 3.56. The Hall–Kier alpha value is -5.92. The zero-order valence-corrected chi connectivity index (χ0v) is 30.6. The highest BCUT2D eigenvalue weighted by atomic mass is 19.1. The summed E-state index contributed by atoms with van der Waals surface area (Å²) in [7, 11) is 3.80. The molecule has 1 saturated heterocycles.